The summed E-state index contributed by atoms with van der Waals surface area (Å²) in [5.74, 6) is -0.799. The molecule has 1 aromatic carbocycles. The van der Waals surface area contributed by atoms with Crippen LogP contribution in [0.25, 0.3) is 0 Å². The van der Waals surface area contributed by atoms with E-state index in [1.54, 1.807) is 19.1 Å². The smallest absolute Gasteiger partial charge is 0.416 e. The Morgan fingerprint density at radius 3 is 2.82 bits per heavy atom. The number of aromatic nitrogens is 4. The van der Waals surface area contributed by atoms with Gasteiger partial charge in [0, 0.05) is 30.4 Å². The first kappa shape index (κ1) is 22.7. The number of H-pyrrole nitrogens is 1. The first-order valence-corrected chi connectivity index (χ1v) is 11.3. The summed E-state index contributed by atoms with van der Waals surface area (Å²) >= 11 is 5.67. The number of amides is 1. The van der Waals surface area contributed by atoms with Crippen LogP contribution in [0, 0.1) is 5.82 Å². The van der Waals surface area contributed by atoms with Crippen LogP contribution in [0.5, 0.6) is 17.5 Å². The summed E-state index contributed by atoms with van der Waals surface area (Å²) in [6.45, 7) is 1.57. The number of carbonyl (C=O) groups excluding carboxylic acids is 1. The summed E-state index contributed by atoms with van der Waals surface area (Å²) in [5.41, 5.74) is 0.705. The number of anilines is 1. The lowest BCUT2D eigenvalue weighted by atomic mass is 10.0. The van der Waals surface area contributed by atoms with Gasteiger partial charge in [-0.1, -0.05) is 5.10 Å². The molecule has 3 N–H and O–H groups in total. The maximum Gasteiger partial charge on any atom is 0.416 e. The van der Waals surface area contributed by atoms with Crippen molar-refractivity contribution in [2.24, 2.45) is 0 Å². The molecule has 3 aromatic rings. The lowest BCUT2D eigenvalue weighted by Crippen LogP contribution is -2.39. The molecule has 174 valence electrons. The van der Waals surface area contributed by atoms with Crippen molar-refractivity contribution < 1.29 is 27.1 Å². The average Bonchev–Trinajstić information content (AvgIpc) is 3.17. The molecular formula is C18H17ClFN7O5S. The molecule has 0 saturated heterocycles. The highest BCUT2D eigenvalue weighted by Crippen LogP contribution is 2.38. The van der Waals surface area contributed by atoms with E-state index in [0.717, 1.165) is 0 Å². The predicted molar refractivity (Wildman–Crippen MR) is 114 cm³/mol. The van der Waals surface area contributed by atoms with Crippen LogP contribution >= 0.6 is 11.6 Å². The number of aromatic amines is 1. The third kappa shape index (κ3) is 4.81. The van der Waals surface area contributed by atoms with Crippen molar-refractivity contribution in [1.82, 2.24) is 29.8 Å². The fraction of sp³-hybridized carbons (Fsp3) is 0.222. The molecule has 1 amide bonds. The Kier molecular flexibility index (Phi) is 6.05. The Hall–Kier alpha value is -3.49. The Bertz CT molecular complexity index is 1320. The van der Waals surface area contributed by atoms with Gasteiger partial charge in [0.15, 0.2) is 11.6 Å². The van der Waals surface area contributed by atoms with E-state index in [1.165, 1.54) is 30.3 Å². The van der Waals surface area contributed by atoms with Gasteiger partial charge < -0.3 is 9.47 Å². The summed E-state index contributed by atoms with van der Waals surface area (Å²) in [4.78, 5) is 20.3. The van der Waals surface area contributed by atoms with E-state index in [-0.39, 0.29) is 29.2 Å². The van der Waals surface area contributed by atoms with Gasteiger partial charge in [0.05, 0.1) is 12.6 Å². The quantitative estimate of drug-likeness (QED) is 0.450. The van der Waals surface area contributed by atoms with Gasteiger partial charge in [-0.05, 0) is 36.7 Å². The Morgan fingerprint density at radius 1 is 1.33 bits per heavy atom. The van der Waals surface area contributed by atoms with Crippen LogP contribution in [0.4, 0.5) is 15.0 Å². The van der Waals surface area contributed by atoms with Gasteiger partial charge in [-0.15, -0.1) is 5.10 Å². The number of pyridine rings is 1. The molecular weight excluding hydrogens is 481 g/mol. The predicted octanol–water partition coefficient (Wildman–Crippen LogP) is 2.74. The van der Waals surface area contributed by atoms with Crippen molar-refractivity contribution in [3.8, 4) is 17.5 Å². The second-order valence-corrected chi connectivity index (χ2v) is 8.81. The molecule has 1 atom stereocenters. The summed E-state index contributed by atoms with van der Waals surface area (Å²) in [5, 5.41) is 7.33. The van der Waals surface area contributed by atoms with E-state index in [1.807, 2.05) is 9.44 Å². The third-order valence-electron chi connectivity index (χ3n) is 4.80. The van der Waals surface area contributed by atoms with Crippen molar-refractivity contribution >= 4 is 33.7 Å². The molecule has 33 heavy (non-hydrogen) atoms. The number of ether oxygens (including phenoxy) is 2. The number of hydrogen-bond acceptors (Lipinski definition) is 8. The number of nitrogens with zero attached hydrogens (tertiary/aromatic N) is 4. The average molecular weight is 498 g/mol. The molecule has 12 nitrogen and oxygen atoms in total. The van der Waals surface area contributed by atoms with Crippen molar-refractivity contribution in [3.05, 3.63) is 52.7 Å². The van der Waals surface area contributed by atoms with Gasteiger partial charge in [-0.25, -0.2) is 18.9 Å². The van der Waals surface area contributed by atoms with Crippen molar-refractivity contribution in [3.63, 3.8) is 0 Å². The van der Waals surface area contributed by atoms with E-state index in [0.29, 0.717) is 11.3 Å². The highest BCUT2D eigenvalue weighted by Gasteiger charge is 2.33. The Labute approximate surface area is 192 Å². The molecule has 4 rings (SSSR count). The van der Waals surface area contributed by atoms with Gasteiger partial charge >= 0.3 is 12.1 Å². The van der Waals surface area contributed by atoms with Crippen LogP contribution in [0.2, 0.25) is 5.28 Å². The third-order valence-corrected chi connectivity index (χ3v) is 5.97. The number of rotatable bonds is 7. The lowest BCUT2D eigenvalue weighted by molar-refractivity contribution is 0.116. The minimum atomic E-state index is -3.97. The second-order valence-electron chi connectivity index (χ2n) is 6.84. The monoisotopic (exact) mass is 497 g/mol. The zero-order valence-electron chi connectivity index (χ0n) is 17.2. The molecule has 1 aliphatic heterocycles. The summed E-state index contributed by atoms with van der Waals surface area (Å²) in [6.07, 6.45) is 0.516. The summed E-state index contributed by atoms with van der Waals surface area (Å²) in [7, 11) is -2.80. The molecule has 2 aromatic heterocycles. The highest BCUT2D eigenvalue weighted by atomic mass is 35.5. The molecule has 0 spiro atoms. The number of carbonyl (C=O) groups is 1. The van der Waals surface area contributed by atoms with Gasteiger partial charge in [-0.3, -0.25) is 14.6 Å². The van der Waals surface area contributed by atoms with Crippen LogP contribution < -0.4 is 18.9 Å². The van der Waals surface area contributed by atoms with Gasteiger partial charge in [0.25, 0.3) is 10.2 Å². The van der Waals surface area contributed by atoms with E-state index in [2.05, 4.69) is 20.2 Å². The first-order valence-electron chi connectivity index (χ1n) is 9.40. The molecule has 0 bridgehead atoms. The standard InChI is InChI=1S/C18H17ClFN7O5S/c1-9-12-4-3-11(31-17-23-16(19)24-25-17)7-13(12)32-18(28)27(9)8-10-5-6-22-15(14(10)20)26-33(29,30)21-2/h3-7,9,21H,8H2,1-2H3,(H,22,26)(H,23,24,25)/t9-/m1/s1. The number of hydrogen-bond donors (Lipinski definition) is 3. The number of halogens is 2. The minimum Gasteiger partial charge on any atom is -0.424 e. The normalized spacial score (nSPS) is 15.7. The molecule has 0 saturated carbocycles. The van der Waals surface area contributed by atoms with Crippen LogP contribution in [0.1, 0.15) is 24.1 Å². The molecule has 0 unspecified atom stereocenters. The van der Waals surface area contributed by atoms with Crippen LogP contribution in [0.15, 0.2) is 30.5 Å². The van der Waals surface area contributed by atoms with Gasteiger partial charge in [-0.2, -0.15) is 8.42 Å². The van der Waals surface area contributed by atoms with Crippen LogP contribution in [-0.4, -0.2) is 46.6 Å². The molecule has 0 aliphatic carbocycles. The molecule has 1 aliphatic rings. The molecule has 0 radical (unpaired) electrons. The fourth-order valence-electron chi connectivity index (χ4n) is 3.12. The topological polar surface area (TPSA) is 151 Å². The lowest BCUT2D eigenvalue weighted by Gasteiger charge is -2.34. The Balaban J connectivity index is 1.55. The zero-order chi connectivity index (χ0) is 23.8. The van der Waals surface area contributed by atoms with E-state index in [4.69, 9.17) is 21.1 Å². The first-order chi connectivity index (χ1) is 15.7. The number of fused-ring (bicyclic) bond motifs is 1. The van der Waals surface area contributed by atoms with E-state index < -0.39 is 34.0 Å². The molecule has 0 fully saturated rings. The van der Waals surface area contributed by atoms with Crippen LogP contribution in [-0.2, 0) is 16.8 Å². The second kappa shape index (κ2) is 8.80. The summed E-state index contributed by atoms with van der Waals surface area (Å²) in [6, 6.07) is 5.77. The maximum absolute atomic E-state index is 14.9. The summed E-state index contributed by atoms with van der Waals surface area (Å²) < 4.78 is 53.1. The fourth-order valence-corrected chi connectivity index (χ4v) is 3.73. The molecule has 15 heteroatoms. The van der Waals surface area contributed by atoms with E-state index >= 15 is 0 Å². The van der Waals surface area contributed by atoms with Crippen molar-refractivity contribution in [1.29, 1.82) is 0 Å². The van der Waals surface area contributed by atoms with Gasteiger partial charge in [0.1, 0.15) is 11.5 Å². The largest absolute Gasteiger partial charge is 0.424 e. The number of benzene rings is 1. The highest BCUT2D eigenvalue weighted by molar-refractivity contribution is 7.90. The zero-order valence-corrected chi connectivity index (χ0v) is 18.7. The van der Waals surface area contributed by atoms with Crippen molar-refractivity contribution in [2.45, 2.75) is 19.5 Å². The SMILES string of the molecule is CNS(=O)(=O)Nc1nccc(CN2C(=O)Oc3cc(Oc4nnc(Cl)[nH]4)ccc3[C@H]2C)c1F. The minimum absolute atomic E-state index is 0.0493. The van der Waals surface area contributed by atoms with Gasteiger partial charge in [0.2, 0.25) is 5.28 Å². The van der Waals surface area contributed by atoms with Crippen LogP contribution in [0.3, 0.4) is 0 Å². The Morgan fingerprint density at radius 2 is 2.12 bits per heavy atom. The van der Waals surface area contributed by atoms with E-state index in [9.17, 15) is 17.6 Å². The maximum atomic E-state index is 14.9. The molecule has 3 heterocycles. The van der Waals surface area contributed by atoms with Crippen molar-refractivity contribution in [2.75, 3.05) is 11.8 Å². The number of nitrogens with one attached hydrogen (secondary N) is 3.